The zero-order chi connectivity index (χ0) is 20.2. The number of benzene rings is 1. The van der Waals surface area contributed by atoms with Gasteiger partial charge in [-0.3, -0.25) is 4.90 Å². The van der Waals surface area contributed by atoms with Crippen molar-refractivity contribution >= 4 is 6.09 Å². The van der Waals surface area contributed by atoms with Crippen LogP contribution in [0, 0.1) is 0 Å². The molecule has 4 rings (SSSR count). The van der Waals surface area contributed by atoms with Gasteiger partial charge < -0.3 is 14.5 Å². The molecular weight excluding hydrogens is 366 g/mol. The summed E-state index contributed by atoms with van der Waals surface area (Å²) in [4.78, 5) is 21.7. The molecule has 1 aromatic carbocycles. The van der Waals surface area contributed by atoms with Gasteiger partial charge in [-0.1, -0.05) is 30.3 Å². The summed E-state index contributed by atoms with van der Waals surface area (Å²) in [7, 11) is 1.45. The largest absolute Gasteiger partial charge is 0.453 e. The number of carbonyl (C=O) groups excluding carboxylic acids is 1. The number of likely N-dealkylation sites (tertiary alicyclic amines) is 1. The maximum Gasteiger partial charge on any atom is 0.410 e. The second-order valence-electron chi connectivity index (χ2n) is 8.36. The fraction of sp³-hybridized carbons (Fsp3) is 0.565. The van der Waals surface area contributed by atoms with Crippen LogP contribution in [0.2, 0.25) is 0 Å². The van der Waals surface area contributed by atoms with Gasteiger partial charge in [0, 0.05) is 23.9 Å². The maximum absolute atomic E-state index is 12.4. The van der Waals surface area contributed by atoms with E-state index in [2.05, 4.69) is 47.2 Å². The number of hydrogen-bond donors (Lipinski definition) is 1. The molecular formula is C23H31N3O3. The molecule has 0 radical (unpaired) electrons. The van der Waals surface area contributed by atoms with E-state index in [4.69, 9.17) is 9.47 Å². The molecule has 1 aliphatic heterocycles. The Bertz CT molecular complexity index is 772. The van der Waals surface area contributed by atoms with Crippen LogP contribution in [0.4, 0.5) is 4.79 Å². The number of ether oxygens (including phenoxy) is 2. The molecule has 2 aliphatic rings. The highest BCUT2D eigenvalue weighted by Gasteiger charge is 2.44. The van der Waals surface area contributed by atoms with Crippen molar-refractivity contribution in [3.05, 3.63) is 54.1 Å². The number of hydrogen-bond acceptors (Lipinski definition) is 4. The summed E-state index contributed by atoms with van der Waals surface area (Å²) in [5, 5.41) is 0. The Labute approximate surface area is 172 Å². The first-order chi connectivity index (χ1) is 14.2. The van der Waals surface area contributed by atoms with Crippen molar-refractivity contribution in [2.24, 2.45) is 0 Å². The Morgan fingerprint density at radius 1 is 1.21 bits per heavy atom. The highest BCUT2D eigenvalue weighted by atomic mass is 16.5. The summed E-state index contributed by atoms with van der Waals surface area (Å²) in [5.74, 6) is 0.819. The summed E-state index contributed by atoms with van der Waals surface area (Å²) in [6.45, 7) is 2.61. The van der Waals surface area contributed by atoms with Gasteiger partial charge in [-0.25, -0.2) is 9.78 Å². The highest BCUT2D eigenvalue weighted by molar-refractivity contribution is 5.69. The van der Waals surface area contributed by atoms with Crippen molar-refractivity contribution in [3.63, 3.8) is 0 Å². The van der Waals surface area contributed by atoms with Gasteiger partial charge in [0.15, 0.2) is 0 Å². The van der Waals surface area contributed by atoms with Gasteiger partial charge >= 0.3 is 6.09 Å². The number of carbonyl (C=O) groups is 1. The minimum Gasteiger partial charge on any atom is -0.453 e. The van der Waals surface area contributed by atoms with E-state index in [-0.39, 0.29) is 30.2 Å². The number of H-pyrrole nitrogens is 1. The fourth-order valence-electron chi connectivity index (χ4n) is 5.10. The molecule has 2 aromatic rings. The average molecular weight is 398 g/mol. The van der Waals surface area contributed by atoms with E-state index in [1.54, 1.807) is 6.33 Å². The van der Waals surface area contributed by atoms with Crippen molar-refractivity contribution in [1.29, 1.82) is 0 Å². The molecule has 156 valence electrons. The fourth-order valence-corrected chi connectivity index (χ4v) is 5.10. The molecule has 1 amide bonds. The minimum atomic E-state index is -0.277. The highest BCUT2D eigenvalue weighted by Crippen LogP contribution is 2.39. The predicted molar refractivity (Wildman–Crippen MR) is 111 cm³/mol. The van der Waals surface area contributed by atoms with Crippen LogP contribution in [-0.4, -0.2) is 52.9 Å². The first kappa shape index (κ1) is 20.0. The molecule has 3 atom stereocenters. The smallest absolute Gasteiger partial charge is 0.410 e. The average Bonchev–Trinajstić information content (AvgIpc) is 3.40. The third kappa shape index (κ3) is 4.32. The third-order valence-electron chi connectivity index (χ3n) is 6.64. The zero-order valence-corrected chi connectivity index (χ0v) is 17.3. The molecule has 1 aromatic heterocycles. The van der Waals surface area contributed by atoms with Gasteiger partial charge in [-0.05, 0) is 50.5 Å². The predicted octanol–water partition coefficient (Wildman–Crippen LogP) is 4.47. The number of methoxy groups -OCH3 is 1. The van der Waals surface area contributed by atoms with Gasteiger partial charge in [-0.2, -0.15) is 0 Å². The van der Waals surface area contributed by atoms with Crippen LogP contribution in [0.25, 0.3) is 0 Å². The molecule has 29 heavy (non-hydrogen) atoms. The number of aromatic nitrogens is 2. The lowest BCUT2D eigenvalue weighted by atomic mass is 9.83. The molecule has 1 aliphatic carbocycles. The summed E-state index contributed by atoms with van der Waals surface area (Å²) >= 11 is 0. The number of imidazole rings is 1. The van der Waals surface area contributed by atoms with Crippen LogP contribution in [0.5, 0.6) is 0 Å². The monoisotopic (exact) mass is 397 g/mol. The van der Waals surface area contributed by atoms with Crippen LogP contribution >= 0.6 is 0 Å². The standard InChI is InChI=1S/C23H31N3O3/c1-16-12-20(21-13-24-15-25-21)22(26(16)23(27)28-2)14-29-19-10-8-18(9-11-19)17-6-4-3-5-7-17/h3-7,13,15-16,18-20,22H,8-12,14H2,1-2H3,(H,24,25)/t16-,18?,19?,20-,22+/m1/s1. The topological polar surface area (TPSA) is 67.5 Å². The quantitative estimate of drug-likeness (QED) is 0.809. The first-order valence-electron chi connectivity index (χ1n) is 10.7. The molecule has 0 bridgehead atoms. The molecule has 2 heterocycles. The van der Waals surface area contributed by atoms with E-state index in [1.807, 2.05) is 11.1 Å². The number of amides is 1. The van der Waals surface area contributed by atoms with E-state index in [0.29, 0.717) is 12.5 Å². The molecule has 6 nitrogen and oxygen atoms in total. The Morgan fingerprint density at radius 3 is 2.62 bits per heavy atom. The van der Waals surface area contributed by atoms with Crippen molar-refractivity contribution in [3.8, 4) is 0 Å². The normalized spacial score (nSPS) is 29.7. The van der Waals surface area contributed by atoms with Gasteiger partial charge in [0.25, 0.3) is 0 Å². The van der Waals surface area contributed by atoms with Crippen LogP contribution in [0.3, 0.4) is 0 Å². The van der Waals surface area contributed by atoms with E-state index in [9.17, 15) is 4.79 Å². The first-order valence-corrected chi connectivity index (χ1v) is 10.7. The lowest BCUT2D eigenvalue weighted by molar-refractivity contribution is -0.00842. The summed E-state index contributed by atoms with van der Waals surface area (Å²) in [5.41, 5.74) is 2.50. The number of nitrogens with zero attached hydrogens (tertiary/aromatic N) is 2. The lowest BCUT2D eigenvalue weighted by Gasteiger charge is -2.33. The van der Waals surface area contributed by atoms with Crippen LogP contribution in [-0.2, 0) is 9.47 Å². The van der Waals surface area contributed by atoms with Gasteiger partial charge in [-0.15, -0.1) is 0 Å². The van der Waals surface area contributed by atoms with Crippen LogP contribution in [0.1, 0.15) is 62.1 Å². The Balaban J connectivity index is 1.38. The van der Waals surface area contributed by atoms with E-state index >= 15 is 0 Å². The zero-order valence-electron chi connectivity index (χ0n) is 17.3. The lowest BCUT2D eigenvalue weighted by Crippen LogP contribution is -2.44. The van der Waals surface area contributed by atoms with Crippen LogP contribution in [0.15, 0.2) is 42.9 Å². The SMILES string of the molecule is COC(=O)N1[C@H](C)C[C@H](c2cnc[nH]2)[C@@H]1COC1CCC(c2ccccc2)CC1. The second kappa shape index (κ2) is 8.99. The van der Waals surface area contributed by atoms with Crippen LogP contribution < -0.4 is 0 Å². The van der Waals surface area contributed by atoms with Gasteiger partial charge in [0.05, 0.1) is 32.2 Å². The number of rotatable bonds is 5. The number of nitrogens with one attached hydrogen (secondary N) is 1. The number of aromatic amines is 1. The van der Waals surface area contributed by atoms with E-state index < -0.39 is 0 Å². The molecule has 6 heteroatoms. The van der Waals surface area contributed by atoms with E-state index in [0.717, 1.165) is 37.8 Å². The van der Waals surface area contributed by atoms with Gasteiger partial charge in [0.2, 0.25) is 0 Å². The Hall–Kier alpha value is -2.34. The molecule has 0 spiro atoms. The summed E-state index contributed by atoms with van der Waals surface area (Å²) in [6, 6.07) is 10.9. The van der Waals surface area contributed by atoms with Crippen molar-refractivity contribution in [2.45, 2.75) is 69.1 Å². The molecule has 2 fully saturated rings. The van der Waals surface area contributed by atoms with Crippen molar-refractivity contribution in [2.75, 3.05) is 13.7 Å². The molecule has 0 unspecified atom stereocenters. The Morgan fingerprint density at radius 2 is 1.97 bits per heavy atom. The minimum absolute atomic E-state index is 0.0373. The maximum atomic E-state index is 12.4. The molecule has 1 saturated carbocycles. The second-order valence-corrected chi connectivity index (χ2v) is 8.36. The third-order valence-corrected chi connectivity index (χ3v) is 6.64. The molecule has 1 saturated heterocycles. The molecule has 1 N–H and O–H groups in total. The van der Waals surface area contributed by atoms with Gasteiger partial charge in [0.1, 0.15) is 0 Å². The Kier molecular flexibility index (Phi) is 6.19. The van der Waals surface area contributed by atoms with Crippen molar-refractivity contribution in [1.82, 2.24) is 14.9 Å². The summed E-state index contributed by atoms with van der Waals surface area (Å²) < 4.78 is 11.4. The van der Waals surface area contributed by atoms with E-state index in [1.165, 1.54) is 12.7 Å². The van der Waals surface area contributed by atoms with Crippen molar-refractivity contribution < 1.29 is 14.3 Å². The summed E-state index contributed by atoms with van der Waals surface area (Å²) in [6.07, 6.45) is 8.85.